The van der Waals surface area contributed by atoms with E-state index in [9.17, 15) is 31.1 Å². The maximum atomic E-state index is 13.1. The van der Waals surface area contributed by atoms with E-state index in [-0.39, 0.29) is 0 Å². The molecule has 1 rings (SSSR count). The molecule has 0 heterocycles. The van der Waals surface area contributed by atoms with Crippen molar-refractivity contribution in [2.24, 2.45) is 11.1 Å². The summed E-state index contributed by atoms with van der Waals surface area (Å²) >= 11 is 0. The summed E-state index contributed by atoms with van der Waals surface area (Å²) in [5, 5.41) is 0. The molecular formula is C14H15F6NO2. The highest BCUT2D eigenvalue weighted by molar-refractivity contribution is 5.77. The summed E-state index contributed by atoms with van der Waals surface area (Å²) < 4.78 is 81.9. The van der Waals surface area contributed by atoms with Crippen LogP contribution in [0.25, 0.3) is 0 Å². The average molecular weight is 343 g/mol. The number of hydrogen-bond acceptors (Lipinski definition) is 3. The predicted octanol–water partition coefficient (Wildman–Crippen LogP) is 3.92. The van der Waals surface area contributed by atoms with Crippen LogP contribution in [0.1, 0.15) is 36.6 Å². The summed E-state index contributed by atoms with van der Waals surface area (Å²) in [6.45, 7) is 2.40. The topological polar surface area (TPSA) is 52.3 Å². The van der Waals surface area contributed by atoms with Crippen LogP contribution >= 0.6 is 0 Å². The number of esters is 1. The first-order valence-electron chi connectivity index (χ1n) is 6.35. The monoisotopic (exact) mass is 343 g/mol. The first-order valence-corrected chi connectivity index (χ1v) is 6.35. The van der Waals surface area contributed by atoms with Gasteiger partial charge < -0.3 is 10.5 Å². The molecule has 0 amide bonds. The SMILES string of the molecule is COC(=O)C(C)(C)[C@H](N)c1cc(C(F)(F)F)ccc1C(F)(F)F. The standard InChI is InChI=1S/C14H15F6NO2/c1-12(2,11(22)23-3)10(21)8-6-7(13(15,16)17)4-5-9(8)14(18,19)20/h4-6,10H,21H2,1-3H3/t10-/m1/s1. The van der Waals surface area contributed by atoms with Gasteiger partial charge in [-0.2, -0.15) is 26.3 Å². The third-order valence-corrected chi connectivity index (χ3v) is 3.51. The Bertz CT molecular complexity index is 592. The van der Waals surface area contributed by atoms with E-state index in [2.05, 4.69) is 4.74 Å². The predicted molar refractivity (Wildman–Crippen MR) is 69.2 cm³/mol. The molecule has 0 saturated heterocycles. The Morgan fingerprint density at radius 1 is 1.09 bits per heavy atom. The second-order valence-corrected chi connectivity index (χ2v) is 5.49. The third kappa shape index (κ3) is 3.95. The fourth-order valence-corrected chi connectivity index (χ4v) is 2.03. The average Bonchev–Trinajstić information content (AvgIpc) is 2.42. The zero-order chi connectivity index (χ0) is 18.2. The molecule has 0 unspecified atom stereocenters. The molecule has 0 aliphatic rings. The van der Waals surface area contributed by atoms with Gasteiger partial charge in [0.05, 0.1) is 23.7 Å². The molecule has 0 aliphatic heterocycles. The van der Waals surface area contributed by atoms with Crippen molar-refractivity contribution >= 4 is 5.97 Å². The van der Waals surface area contributed by atoms with Crippen molar-refractivity contribution < 1.29 is 35.9 Å². The maximum Gasteiger partial charge on any atom is 0.416 e. The van der Waals surface area contributed by atoms with Crippen LogP contribution in [-0.4, -0.2) is 13.1 Å². The number of benzene rings is 1. The van der Waals surface area contributed by atoms with Crippen LogP contribution < -0.4 is 5.73 Å². The van der Waals surface area contributed by atoms with Gasteiger partial charge in [-0.25, -0.2) is 0 Å². The van der Waals surface area contributed by atoms with Crippen molar-refractivity contribution in [2.75, 3.05) is 7.11 Å². The summed E-state index contributed by atoms with van der Waals surface area (Å²) in [5.41, 5.74) is 0.615. The molecule has 9 heteroatoms. The van der Waals surface area contributed by atoms with Gasteiger partial charge in [0.15, 0.2) is 0 Å². The molecule has 1 aromatic rings. The number of rotatable bonds is 3. The summed E-state index contributed by atoms with van der Waals surface area (Å²) in [6, 6.07) is -0.692. The number of methoxy groups -OCH3 is 1. The molecule has 0 fully saturated rings. The third-order valence-electron chi connectivity index (χ3n) is 3.51. The van der Waals surface area contributed by atoms with Crippen LogP contribution in [-0.2, 0) is 21.9 Å². The Balaban J connectivity index is 3.55. The number of nitrogens with two attached hydrogens (primary N) is 1. The first kappa shape index (κ1) is 19.3. The number of carbonyl (C=O) groups is 1. The molecule has 23 heavy (non-hydrogen) atoms. The van der Waals surface area contributed by atoms with Crippen LogP contribution in [0.15, 0.2) is 18.2 Å². The lowest BCUT2D eigenvalue weighted by atomic mass is 9.79. The van der Waals surface area contributed by atoms with Crippen LogP contribution in [0, 0.1) is 5.41 Å². The highest BCUT2D eigenvalue weighted by Gasteiger charge is 2.43. The Hall–Kier alpha value is -1.77. The largest absolute Gasteiger partial charge is 0.469 e. The van der Waals surface area contributed by atoms with Gasteiger partial charge >= 0.3 is 18.3 Å². The van der Waals surface area contributed by atoms with E-state index < -0.39 is 46.5 Å². The van der Waals surface area contributed by atoms with E-state index in [0.29, 0.717) is 18.2 Å². The Morgan fingerprint density at radius 2 is 1.61 bits per heavy atom. The molecule has 130 valence electrons. The second-order valence-electron chi connectivity index (χ2n) is 5.49. The summed E-state index contributed by atoms with van der Waals surface area (Å²) in [6.07, 6.45) is -9.75. The number of carbonyl (C=O) groups excluding carboxylic acids is 1. The maximum absolute atomic E-state index is 13.1. The quantitative estimate of drug-likeness (QED) is 0.668. The van der Waals surface area contributed by atoms with Crippen LogP contribution in [0.2, 0.25) is 0 Å². The van der Waals surface area contributed by atoms with Crippen molar-refractivity contribution in [1.29, 1.82) is 0 Å². The van der Waals surface area contributed by atoms with E-state index in [1.54, 1.807) is 0 Å². The summed E-state index contributed by atoms with van der Waals surface area (Å²) in [7, 11) is 1.01. The number of alkyl halides is 6. The van der Waals surface area contributed by atoms with Gasteiger partial charge in [-0.15, -0.1) is 0 Å². The number of ether oxygens (including phenoxy) is 1. The Labute approximate surface area is 128 Å². The molecule has 3 nitrogen and oxygen atoms in total. The number of hydrogen-bond donors (Lipinski definition) is 1. The van der Waals surface area contributed by atoms with Gasteiger partial charge in [0.25, 0.3) is 0 Å². The molecule has 0 aromatic heterocycles. The van der Waals surface area contributed by atoms with Crippen molar-refractivity contribution in [3.8, 4) is 0 Å². The van der Waals surface area contributed by atoms with Crippen molar-refractivity contribution in [1.82, 2.24) is 0 Å². The molecule has 0 aliphatic carbocycles. The normalized spacial score (nSPS) is 14.5. The minimum absolute atomic E-state index is 0.311. The highest BCUT2D eigenvalue weighted by Crippen LogP contribution is 2.42. The van der Waals surface area contributed by atoms with E-state index in [0.717, 1.165) is 7.11 Å². The van der Waals surface area contributed by atoms with Gasteiger partial charge in [0.1, 0.15) is 0 Å². The van der Waals surface area contributed by atoms with Gasteiger partial charge in [-0.1, -0.05) is 0 Å². The van der Waals surface area contributed by atoms with Gasteiger partial charge in [-0.3, -0.25) is 4.79 Å². The smallest absolute Gasteiger partial charge is 0.416 e. The molecule has 0 saturated carbocycles. The van der Waals surface area contributed by atoms with Crippen molar-refractivity contribution in [3.63, 3.8) is 0 Å². The van der Waals surface area contributed by atoms with Gasteiger partial charge in [0.2, 0.25) is 0 Å². The minimum atomic E-state index is -4.91. The minimum Gasteiger partial charge on any atom is -0.469 e. The second kappa shape index (κ2) is 6.03. The van der Waals surface area contributed by atoms with Crippen molar-refractivity contribution in [2.45, 2.75) is 32.2 Å². The molecule has 1 atom stereocenters. The zero-order valence-electron chi connectivity index (χ0n) is 12.5. The van der Waals surface area contributed by atoms with E-state index in [4.69, 9.17) is 5.73 Å². The van der Waals surface area contributed by atoms with Crippen LogP contribution in [0.5, 0.6) is 0 Å². The first-order chi connectivity index (χ1) is 10.2. The lowest BCUT2D eigenvalue weighted by molar-refractivity contribution is -0.153. The summed E-state index contributed by atoms with van der Waals surface area (Å²) in [5.74, 6) is -0.935. The molecular weight excluding hydrogens is 328 g/mol. The molecule has 0 spiro atoms. The number of halogens is 6. The summed E-state index contributed by atoms with van der Waals surface area (Å²) in [4.78, 5) is 11.7. The van der Waals surface area contributed by atoms with Crippen LogP contribution in [0.4, 0.5) is 26.3 Å². The lowest BCUT2D eigenvalue weighted by Crippen LogP contribution is -2.38. The van der Waals surface area contributed by atoms with E-state index in [1.165, 1.54) is 13.8 Å². The van der Waals surface area contributed by atoms with E-state index in [1.807, 2.05) is 0 Å². The fourth-order valence-electron chi connectivity index (χ4n) is 2.03. The molecule has 2 N–H and O–H groups in total. The highest BCUT2D eigenvalue weighted by atomic mass is 19.4. The Kier molecular flexibility index (Phi) is 5.05. The Morgan fingerprint density at radius 3 is 2.00 bits per heavy atom. The lowest BCUT2D eigenvalue weighted by Gasteiger charge is -2.31. The van der Waals surface area contributed by atoms with E-state index >= 15 is 0 Å². The van der Waals surface area contributed by atoms with Gasteiger partial charge in [0, 0.05) is 6.04 Å². The zero-order valence-corrected chi connectivity index (χ0v) is 12.5. The van der Waals surface area contributed by atoms with Crippen LogP contribution in [0.3, 0.4) is 0 Å². The van der Waals surface area contributed by atoms with Gasteiger partial charge in [-0.05, 0) is 37.6 Å². The fraction of sp³-hybridized carbons (Fsp3) is 0.500. The molecule has 1 aromatic carbocycles. The molecule has 0 radical (unpaired) electrons. The van der Waals surface area contributed by atoms with Crippen molar-refractivity contribution in [3.05, 3.63) is 34.9 Å². The molecule has 0 bridgehead atoms.